The van der Waals surface area contributed by atoms with Crippen molar-refractivity contribution in [3.05, 3.63) is 0 Å². The molecule has 1 fully saturated rings. The summed E-state index contributed by atoms with van der Waals surface area (Å²) >= 11 is 0. The average molecular weight is 172 g/mol. The van der Waals surface area contributed by atoms with Gasteiger partial charge in [-0.25, -0.2) is 0 Å². The number of β-amino-alcohol motifs (C(OH)–C–C–N with tert-alkyl or cyclic N) is 1. The van der Waals surface area contributed by atoms with Crippen LogP contribution < -0.4 is 5.32 Å². The van der Waals surface area contributed by atoms with Gasteiger partial charge in [-0.1, -0.05) is 0 Å². The van der Waals surface area contributed by atoms with Gasteiger partial charge < -0.3 is 10.4 Å². The highest BCUT2D eigenvalue weighted by molar-refractivity contribution is 4.86. The Morgan fingerprint density at radius 2 is 2.25 bits per heavy atom. The number of aliphatic hydroxyl groups excluding tert-OH is 1. The van der Waals surface area contributed by atoms with E-state index in [2.05, 4.69) is 24.1 Å². The molecule has 0 amide bonds. The van der Waals surface area contributed by atoms with Gasteiger partial charge in [0.1, 0.15) is 0 Å². The lowest BCUT2D eigenvalue weighted by atomic mass is 10.0. The van der Waals surface area contributed by atoms with E-state index in [1.165, 1.54) is 0 Å². The lowest BCUT2D eigenvalue weighted by Gasteiger charge is -2.39. The van der Waals surface area contributed by atoms with Gasteiger partial charge in [0, 0.05) is 31.7 Å². The standard InChI is InChI=1S/C9H20N2O/c1-8(12)6-11-5-4-10-9(2,3)7-11/h8,10,12H,4-7H2,1-3H3/t8-/m0/s1. The largest absolute Gasteiger partial charge is 0.392 e. The predicted molar refractivity (Wildman–Crippen MR) is 50.2 cm³/mol. The van der Waals surface area contributed by atoms with Gasteiger partial charge in [0.25, 0.3) is 0 Å². The molecule has 1 rings (SSSR count). The first kappa shape index (κ1) is 9.96. The Bertz CT molecular complexity index is 145. The summed E-state index contributed by atoms with van der Waals surface area (Å²) in [6, 6.07) is 0. The number of hydrogen-bond donors (Lipinski definition) is 2. The highest BCUT2D eigenvalue weighted by atomic mass is 16.3. The van der Waals surface area contributed by atoms with Gasteiger partial charge in [-0.15, -0.1) is 0 Å². The molecule has 3 nitrogen and oxygen atoms in total. The Morgan fingerprint density at radius 1 is 1.58 bits per heavy atom. The Kier molecular flexibility index (Phi) is 3.09. The third-order valence-corrected chi connectivity index (χ3v) is 2.17. The summed E-state index contributed by atoms with van der Waals surface area (Å²) in [7, 11) is 0. The SMILES string of the molecule is C[C@H](O)CN1CCNC(C)(C)C1. The van der Waals surface area contributed by atoms with Crippen molar-refractivity contribution in [2.24, 2.45) is 0 Å². The van der Waals surface area contributed by atoms with E-state index in [1.807, 2.05) is 6.92 Å². The molecule has 1 aliphatic rings. The van der Waals surface area contributed by atoms with Crippen molar-refractivity contribution in [2.75, 3.05) is 26.2 Å². The number of aliphatic hydroxyl groups is 1. The van der Waals surface area contributed by atoms with Gasteiger partial charge in [-0.05, 0) is 20.8 Å². The molecule has 1 aliphatic heterocycles. The van der Waals surface area contributed by atoms with Crippen LogP contribution in [0.3, 0.4) is 0 Å². The zero-order valence-electron chi connectivity index (χ0n) is 8.30. The van der Waals surface area contributed by atoms with Crippen molar-refractivity contribution < 1.29 is 5.11 Å². The van der Waals surface area contributed by atoms with E-state index < -0.39 is 0 Å². The van der Waals surface area contributed by atoms with E-state index in [1.54, 1.807) is 0 Å². The summed E-state index contributed by atoms with van der Waals surface area (Å²) in [6.45, 7) is 10.1. The molecule has 0 spiro atoms. The van der Waals surface area contributed by atoms with Crippen molar-refractivity contribution in [1.29, 1.82) is 0 Å². The summed E-state index contributed by atoms with van der Waals surface area (Å²) in [6.07, 6.45) is -0.209. The second kappa shape index (κ2) is 3.73. The normalized spacial score (nSPS) is 27.0. The van der Waals surface area contributed by atoms with Crippen LogP contribution in [-0.2, 0) is 0 Å². The monoisotopic (exact) mass is 172 g/mol. The third kappa shape index (κ3) is 3.09. The van der Waals surface area contributed by atoms with Crippen LogP contribution in [0.4, 0.5) is 0 Å². The van der Waals surface area contributed by atoms with Crippen LogP contribution in [0.2, 0.25) is 0 Å². The van der Waals surface area contributed by atoms with Crippen LogP contribution in [0, 0.1) is 0 Å². The van der Waals surface area contributed by atoms with Crippen molar-refractivity contribution in [3.63, 3.8) is 0 Å². The van der Waals surface area contributed by atoms with Gasteiger partial charge in [0.15, 0.2) is 0 Å². The molecule has 0 aliphatic carbocycles. The van der Waals surface area contributed by atoms with Crippen molar-refractivity contribution in [2.45, 2.75) is 32.4 Å². The quantitative estimate of drug-likeness (QED) is 0.618. The number of nitrogens with one attached hydrogen (secondary N) is 1. The first-order chi connectivity index (χ1) is 5.49. The van der Waals surface area contributed by atoms with Crippen LogP contribution in [0.15, 0.2) is 0 Å². The molecule has 72 valence electrons. The second-order valence-electron chi connectivity index (χ2n) is 4.39. The molecular formula is C9H20N2O. The van der Waals surface area contributed by atoms with E-state index in [0.717, 1.165) is 26.2 Å². The fourth-order valence-electron chi connectivity index (χ4n) is 1.78. The first-order valence-electron chi connectivity index (χ1n) is 4.65. The molecule has 0 radical (unpaired) electrons. The molecule has 0 unspecified atom stereocenters. The Hall–Kier alpha value is -0.120. The molecule has 0 aromatic carbocycles. The van der Waals surface area contributed by atoms with Crippen LogP contribution >= 0.6 is 0 Å². The van der Waals surface area contributed by atoms with E-state index in [4.69, 9.17) is 0 Å². The van der Waals surface area contributed by atoms with Crippen molar-refractivity contribution in [3.8, 4) is 0 Å². The lowest BCUT2D eigenvalue weighted by Crippen LogP contribution is -2.57. The van der Waals surface area contributed by atoms with Crippen LogP contribution in [0.25, 0.3) is 0 Å². The van der Waals surface area contributed by atoms with Gasteiger partial charge in [-0.2, -0.15) is 0 Å². The zero-order valence-corrected chi connectivity index (χ0v) is 8.30. The zero-order chi connectivity index (χ0) is 9.19. The molecule has 12 heavy (non-hydrogen) atoms. The summed E-state index contributed by atoms with van der Waals surface area (Å²) in [4.78, 5) is 2.31. The highest BCUT2D eigenvalue weighted by Gasteiger charge is 2.25. The molecule has 3 heteroatoms. The molecule has 1 saturated heterocycles. The molecule has 1 heterocycles. The average Bonchev–Trinajstić information content (AvgIpc) is 1.82. The number of hydrogen-bond acceptors (Lipinski definition) is 3. The molecular weight excluding hydrogens is 152 g/mol. The first-order valence-corrected chi connectivity index (χ1v) is 4.65. The summed E-state index contributed by atoms with van der Waals surface area (Å²) in [5.74, 6) is 0. The van der Waals surface area contributed by atoms with Crippen LogP contribution in [-0.4, -0.2) is 47.8 Å². The maximum Gasteiger partial charge on any atom is 0.0639 e. The minimum Gasteiger partial charge on any atom is -0.392 e. The van der Waals surface area contributed by atoms with Crippen LogP contribution in [0.1, 0.15) is 20.8 Å². The van der Waals surface area contributed by atoms with Gasteiger partial charge >= 0.3 is 0 Å². The van der Waals surface area contributed by atoms with Crippen molar-refractivity contribution in [1.82, 2.24) is 10.2 Å². The van der Waals surface area contributed by atoms with E-state index in [0.29, 0.717) is 0 Å². The molecule has 2 N–H and O–H groups in total. The second-order valence-corrected chi connectivity index (χ2v) is 4.39. The van der Waals surface area contributed by atoms with Gasteiger partial charge in [0.05, 0.1) is 6.10 Å². The van der Waals surface area contributed by atoms with E-state index in [9.17, 15) is 5.11 Å². The van der Waals surface area contributed by atoms with Crippen molar-refractivity contribution >= 4 is 0 Å². The maximum atomic E-state index is 9.21. The molecule has 0 aromatic rings. The smallest absolute Gasteiger partial charge is 0.0639 e. The fourth-order valence-corrected chi connectivity index (χ4v) is 1.78. The predicted octanol–water partition coefficient (Wildman–Crippen LogP) is 0.0510. The number of rotatable bonds is 2. The van der Waals surface area contributed by atoms with Gasteiger partial charge in [0.2, 0.25) is 0 Å². The Morgan fingerprint density at radius 3 is 2.75 bits per heavy atom. The van der Waals surface area contributed by atoms with Crippen LogP contribution in [0.5, 0.6) is 0 Å². The molecule has 0 aromatic heterocycles. The summed E-state index contributed by atoms with van der Waals surface area (Å²) in [5, 5.41) is 12.7. The maximum absolute atomic E-state index is 9.21. The van der Waals surface area contributed by atoms with Gasteiger partial charge in [-0.3, -0.25) is 4.90 Å². The van der Waals surface area contributed by atoms with E-state index in [-0.39, 0.29) is 11.6 Å². The minimum atomic E-state index is -0.209. The topological polar surface area (TPSA) is 35.5 Å². The Labute approximate surface area is 74.8 Å². The summed E-state index contributed by atoms with van der Waals surface area (Å²) < 4.78 is 0. The molecule has 1 atom stereocenters. The highest BCUT2D eigenvalue weighted by Crippen LogP contribution is 2.09. The summed E-state index contributed by atoms with van der Waals surface area (Å²) in [5.41, 5.74) is 0.202. The van der Waals surface area contributed by atoms with E-state index >= 15 is 0 Å². The lowest BCUT2D eigenvalue weighted by molar-refractivity contribution is 0.0877. The molecule has 0 saturated carbocycles. The Balaban J connectivity index is 2.36. The minimum absolute atomic E-state index is 0.202. The molecule has 0 bridgehead atoms. The number of piperazine rings is 1. The third-order valence-electron chi connectivity index (χ3n) is 2.17. The number of nitrogens with zero attached hydrogens (tertiary/aromatic N) is 1. The fraction of sp³-hybridized carbons (Fsp3) is 1.00.